The van der Waals surface area contributed by atoms with Gasteiger partial charge in [0.15, 0.2) is 6.10 Å². The molecule has 4 atom stereocenters. The van der Waals surface area contributed by atoms with Gasteiger partial charge < -0.3 is 19.7 Å². The summed E-state index contributed by atoms with van der Waals surface area (Å²) in [6, 6.07) is -0.102. The molecule has 1 fully saturated rings. The predicted molar refractivity (Wildman–Crippen MR) is 86.0 cm³/mol. The molecule has 0 aromatic heterocycles. The van der Waals surface area contributed by atoms with E-state index in [1.54, 1.807) is 19.9 Å². The van der Waals surface area contributed by atoms with E-state index in [4.69, 9.17) is 9.47 Å². The molecule has 7 heteroatoms. The van der Waals surface area contributed by atoms with E-state index in [0.717, 1.165) is 18.5 Å². The number of aliphatic hydroxyl groups excluding tert-OH is 2. The highest BCUT2D eigenvalue weighted by Gasteiger charge is 2.42. The number of esters is 2. The second kappa shape index (κ2) is 7.92. The normalized spacial score (nSPS) is 26.5. The van der Waals surface area contributed by atoms with Gasteiger partial charge in [-0.25, -0.2) is 9.59 Å². The van der Waals surface area contributed by atoms with Gasteiger partial charge in [-0.1, -0.05) is 12.2 Å². The number of hydrogen-bond donors (Lipinski definition) is 2. The van der Waals surface area contributed by atoms with Crippen molar-refractivity contribution in [3.63, 3.8) is 0 Å². The molecule has 24 heavy (non-hydrogen) atoms. The molecule has 2 heterocycles. The molecule has 0 aromatic rings. The molecule has 0 saturated carbocycles. The van der Waals surface area contributed by atoms with Gasteiger partial charge >= 0.3 is 11.9 Å². The summed E-state index contributed by atoms with van der Waals surface area (Å²) in [4.78, 5) is 25.8. The summed E-state index contributed by atoms with van der Waals surface area (Å²) in [6.45, 7) is 6.35. The molecule has 2 N–H and O–H groups in total. The molecule has 2 unspecified atom stereocenters. The van der Waals surface area contributed by atoms with Crippen molar-refractivity contribution in [2.45, 2.75) is 51.5 Å². The van der Waals surface area contributed by atoms with Crippen LogP contribution in [-0.4, -0.2) is 71.1 Å². The molecule has 0 spiro atoms. The van der Waals surface area contributed by atoms with Gasteiger partial charge in [-0.2, -0.15) is 0 Å². The molecule has 0 radical (unpaired) electrons. The van der Waals surface area contributed by atoms with Crippen molar-refractivity contribution < 1.29 is 29.3 Å². The lowest BCUT2D eigenvalue weighted by atomic mass is 10.0. The lowest BCUT2D eigenvalue weighted by Crippen LogP contribution is -2.38. The van der Waals surface area contributed by atoms with Gasteiger partial charge in [-0.15, -0.1) is 0 Å². The number of rotatable bonds is 6. The second-order valence-electron chi connectivity index (χ2n) is 6.22. The highest BCUT2D eigenvalue weighted by Crippen LogP contribution is 2.31. The fraction of sp³-hybridized carbons (Fsp3) is 0.647. The van der Waals surface area contributed by atoms with Crippen molar-refractivity contribution in [2.75, 3.05) is 19.7 Å². The average molecular weight is 339 g/mol. The monoisotopic (exact) mass is 339 g/mol. The minimum Gasteiger partial charge on any atom is -0.459 e. The summed E-state index contributed by atoms with van der Waals surface area (Å²) in [5, 5.41) is 18.7. The zero-order chi connectivity index (χ0) is 17.9. The van der Waals surface area contributed by atoms with Gasteiger partial charge in [0, 0.05) is 18.7 Å². The molecule has 7 nitrogen and oxygen atoms in total. The molecule has 0 amide bonds. The largest absolute Gasteiger partial charge is 0.459 e. The standard InChI is InChI=1S/C17H25NO6/c1-4-10(2)16(21)24-13-6-8-18-7-5-12(14(13)18)9-23-17(22)15(20)11(3)19/h4-5,11,13-15,19-20H,6-9H2,1-3H3/b10-4+/t11?,13-,14+,15?/m0/s1. The SMILES string of the molecule is C/C=C(\C)C(=O)O[C@H]1CCN2CC=C(COC(=O)C(O)C(C)O)[C@H]12. The summed E-state index contributed by atoms with van der Waals surface area (Å²) >= 11 is 0. The van der Waals surface area contributed by atoms with Crippen LogP contribution in [0, 0.1) is 0 Å². The third-order valence-electron chi connectivity index (χ3n) is 4.51. The molecule has 0 bridgehead atoms. The van der Waals surface area contributed by atoms with Crippen LogP contribution < -0.4 is 0 Å². The van der Waals surface area contributed by atoms with Crippen LogP contribution in [0.25, 0.3) is 0 Å². The number of ether oxygens (including phenoxy) is 2. The molecular weight excluding hydrogens is 314 g/mol. The number of aliphatic hydroxyl groups is 2. The van der Waals surface area contributed by atoms with Crippen molar-refractivity contribution in [2.24, 2.45) is 0 Å². The Bertz CT molecular complexity index is 553. The highest BCUT2D eigenvalue weighted by molar-refractivity contribution is 5.87. The van der Waals surface area contributed by atoms with E-state index in [-0.39, 0.29) is 24.7 Å². The van der Waals surface area contributed by atoms with Crippen LogP contribution in [0.15, 0.2) is 23.3 Å². The molecule has 1 saturated heterocycles. The minimum atomic E-state index is -1.56. The van der Waals surface area contributed by atoms with Gasteiger partial charge in [0.25, 0.3) is 0 Å². The van der Waals surface area contributed by atoms with Crippen LogP contribution in [0.3, 0.4) is 0 Å². The zero-order valence-corrected chi connectivity index (χ0v) is 14.3. The third kappa shape index (κ3) is 4.03. The van der Waals surface area contributed by atoms with E-state index in [2.05, 4.69) is 4.90 Å². The van der Waals surface area contributed by atoms with E-state index >= 15 is 0 Å². The fourth-order valence-electron chi connectivity index (χ4n) is 2.91. The smallest absolute Gasteiger partial charge is 0.338 e. The van der Waals surface area contributed by atoms with E-state index in [1.807, 2.05) is 6.08 Å². The molecule has 2 aliphatic rings. The van der Waals surface area contributed by atoms with Crippen molar-refractivity contribution in [1.82, 2.24) is 4.90 Å². The number of hydrogen-bond acceptors (Lipinski definition) is 7. The van der Waals surface area contributed by atoms with E-state index < -0.39 is 18.2 Å². The summed E-state index contributed by atoms with van der Waals surface area (Å²) < 4.78 is 10.7. The predicted octanol–water partition coefficient (Wildman–Crippen LogP) is 0.164. The first-order chi connectivity index (χ1) is 11.3. The van der Waals surface area contributed by atoms with Crippen LogP contribution in [0.1, 0.15) is 27.2 Å². The number of nitrogens with zero attached hydrogens (tertiary/aromatic N) is 1. The Hall–Kier alpha value is -1.70. The van der Waals surface area contributed by atoms with Crippen molar-refractivity contribution in [3.05, 3.63) is 23.3 Å². The Morgan fingerprint density at radius 3 is 2.79 bits per heavy atom. The maximum Gasteiger partial charge on any atom is 0.338 e. The summed E-state index contributed by atoms with van der Waals surface area (Å²) in [5.74, 6) is -1.20. The topological polar surface area (TPSA) is 96.3 Å². The first-order valence-electron chi connectivity index (χ1n) is 8.14. The van der Waals surface area contributed by atoms with E-state index in [0.29, 0.717) is 12.1 Å². The maximum absolute atomic E-state index is 12.0. The summed E-state index contributed by atoms with van der Waals surface area (Å²) in [5.41, 5.74) is 1.41. The van der Waals surface area contributed by atoms with Gasteiger partial charge in [0.05, 0.1) is 12.1 Å². The Morgan fingerprint density at radius 2 is 2.17 bits per heavy atom. The maximum atomic E-state index is 12.0. The molecule has 134 valence electrons. The second-order valence-corrected chi connectivity index (χ2v) is 6.22. The average Bonchev–Trinajstić information content (AvgIpc) is 3.14. The zero-order valence-electron chi connectivity index (χ0n) is 14.3. The van der Waals surface area contributed by atoms with Crippen LogP contribution in [-0.2, 0) is 19.1 Å². The Labute approximate surface area is 141 Å². The van der Waals surface area contributed by atoms with Crippen LogP contribution in [0.2, 0.25) is 0 Å². The van der Waals surface area contributed by atoms with Gasteiger partial charge in [-0.3, -0.25) is 4.90 Å². The van der Waals surface area contributed by atoms with Crippen LogP contribution in [0.5, 0.6) is 0 Å². The lowest BCUT2D eigenvalue weighted by Gasteiger charge is -2.24. The fourth-order valence-corrected chi connectivity index (χ4v) is 2.91. The quantitative estimate of drug-likeness (QED) is 0.404. The van der Waals surface area contributed by atoms with Gasteiger partial charge in [0.1, 0.15) is 12.7 Å². The number of allylic oxidation sites excluding steroid dienone is 1. The van der Waals surface area contributed by atoms with E-state index in [1.165, 1.54) is 6.92 Å². The minimum absolute atomic E-state index is 0.0143. The number of carbonyl (C=O) groups excluding carboxylic acids is 2. The first-order valence-corrected chi connectivity index (χ1v) is 8.14. The lowest BCUT2D eigenvalue weighted by molar-refractivity contribution is -0.158. The summed E-state index contributed by atoms with van der Waals surface area (Å²) in [6.07, 6.45) is 1.37. The van der Waals surface area contributed by atoms with Gasteiger partial charge in [0.2, 0.25) is 0 Å². The molecule has 2 rings (SSSR count). The van der Waals surface area contributed by atoms with Crippen LogP contribution >= 0.6 is 0 Å². The highest BCUT2D eigenvalue weighted by atomic mass is 16.6. The van der Waals surface area contributed by atoms with Crippen molar-refractivity contribution in [1.29, 1.82) is 0 Å². The molecule has 0 aliphatic carbocycles. The Balaban J connectivity index is 1.95. The van der Waals surface area contributed by atoms with Crippen molar-refractivity contribution >= 4 is 11.9 Å². The molecule has 2 aliphatic heterocycles. The number of carbonyl (C=O) groups is 2. The van der Waals surface area contributed by atoms with E-state index in [9.17, 15) is 19.8 Å². The van der Waals surface area contributed by atoms with Gasteiger partial charge in [-0.05, 0) is 32.8 Å². The summed E-state index contributed by atoms with van der Waals surface area (Å²) in [7, 11) is 0. The molecule has 0 aromatic carbocycles. The first kappa shape index (κ1) is 18.6. The molecular formula is C17H25NO6. The number of fused-ring (bicyclic) bond motifs is 1. The van der Waals surface area contributed by atoms with Crippen LogP contribution in [0.4, 0.5) is 0 Å². The Morgan fingerprint density at radius 1 is 1.46 bits per heavy atom. The third-order valence-corrected chi connectivity index (χ3v) is 4.51. The van der Waals surface area contributed by atoms with Crippen molar-refractivity contribution in [3.8, 4) is 0 Å². The Kier molecular flexibility index (Phi) is 6.15.